The van der Waals surface area contributed by atoms with Gasteiger partial charge in [-0.3, -0.25) is 4.79 Å². The molecular formula is C16H22O2. The molecule has 0 bridgehead atoms. The van der Waals surface area contributed by atoms with Crippen LogP contribution in [0.25, 0.3) is 0 Å². The zero-order valence-electron chi connectivity index (χ0n) is 11.2. The maximum Gasteiger partial charge on any atom is 0.144 e. The number of ketones is 1. The van der Waals surface area contributed by atoms with Crippen LogP contribution in [0.5, 0.6) is 0 Å². The van der Waals surface area contributed by atoms with Gasteiger partial charge in [0.1, 0.15) is 12.1 Å². The summed E-state index contributed by atoms with van der Waals surface area (Å²) in [7, 11) is 0. The summed E-state index contributed by atoms with van der Waals surface area (Å²) in [4.78, 5) is 21.5. The molecule has 2 heteroatoms. The molecule has 0 fully saturated rings. The number of hydrogen-bond donors (Lipinski definition) is 0. The first-order valence-corrected chi connectivity index (χ1v) is 6.79. The van der Waals surface area contributed by atoms with Gasteiger partial charge in [0.2, 0.25) is 0 Å². The van der Waals surface area contributed by atoms with Crippen molar-refractivity contribution >= 4 is 12.1 Å². The Kier molecular flexibility index (Phi) is 7.00. The zero-order valence-corrected chi connectivity index (χ0v) is 11.2. The Morgan fingerprint density at radius 1 is 1.06 bits per heavy atom. The number of carbonyl (C=O) groups excluding carboxylic acids is 2. The van der Waals surface area contributed by atoms with Crippen LogP contribution in [0.2, 0.25) is 0 Å². The van der Waals surface area contributed by atoms with E-state index in [-0.39, 0.29) is 12.2 Å². The van der Waals surface area contributed by atoms with Gasteiger partial charge in [-0.2, -0.15) is 0 Å². The molecule has 1 aromatic rings. The van der Waals surface area contributed by atoms with E-state index in [4.69, 9.17) is 0 Å². The highest BCUT2D eigenvalue weighted by molar-refractivity contribution is 5.91. The molecule has 0 saturated carbocycles. The average Bonchev–Trinajstić information content (AvgIpc) is 2.37. The summed E-state index contributed by atoms with van der Waals surface area (Å²) in [6, 6.07) is 8.18. The topological polar surface area (TPSA) is 34.1 Å². The van der Waals surface area contributed by atoms with E-state index >= 15 is 0 Å². The summed E-state index contributed by atoms with van der Waals surface area (Å²) >= 11 is 0. The molecule has 2 nitrogen and oxygen atoms in total. The lowest BCUT2D eigenvalue weighted by atomic mass is 10.0. The third kappa shape index (κ3) is 5.76. The smallest absolute Gasteiger partial charge is 0.144 e. The van der Waals surface area contributed by atoms with Crippen molar-refractivity contribution in [2.75, 3.05) is 0 Å². The Morgan fingerprint density at radius 2 is 1.72 bits per heavy atom. The van der Waals surface area contributed by atoms with Crippen LogP contribution in [0.4, 0.5) is 0 Å². The average molecular weight is 246 g/mol. The minimum atomic E-state index is -0.0132. The molecule has 0 amide bonds. The molecule has 0 saturated heterocycles. The second kappa shape index (κ2) is 8.62. The molecule has 0 unspecified atom stereocenters. The number of aldehydes is 1. The Morgan fingerprint density at radius 3 is 2.33 bits per heavy atom. The lowest BCUT2D eigenvalue weighted by molar-refractivity contribution is -0.121. The molecule has 0 aliphatic heterocycles. The highest BCUT2D eigenvalue weighted by Gasteiger charge is 2.02. The third-order valence-electron chi connectivity index (χ3n) is 3.05. The first-order chi connectivity index (χ1) is 8.76. The van der Waals surface area contributed by atoms with E-state index in [0.717, 1.165) is 12.0 Å². The maximum atomic E-state index is 11.3. The number of aryl methyl sites for hydroxylation is 1. The van der Waals surface area contributed by atoms with Crippen molar-refractivity contribution in [1.29, 1.82) is 0 Å². The molecule has 1 rings (SSSR count). The van der Waals surface area contributed by atoms with Gasteiger partial charge >= 0.3 is 0 Å². The fourth-order valence-electron chi connectivity index (χ4n) is 1.97. The van der Waals surface area contributed by atoms with Gasteiger partial charge in [-0.05, 0) is 24.0 Å². The van der Waals surface area contributed by atoms with Crippen molar-refractivity contribution in [2.24, 2.45) is 0 Å². The van der Waals surface area contributed by atoms with E-state index in [0.29, 0.717) is 12.7 Å². The molecule has 98 valence electrons. The molecule has 0 spiro atoms. The molecular weight excluding hydrogens is 224 g/mol. The Hall–Kier alpha value is -1.44. The largest absolute Gasteiger partial charge is 0.303 e. The second-order valence-corrected chi connectivity index (χ2v) is 4.71. The van der Waals surface area contributed by atoms with E-state index < -0.39 is 0 Å². The highest BCUT2D eigenvalue weighted by Crippen LogP contribution is 2.10. The molecule has 0 N–H and O–H groups in total. The van der Waals surface area contributed by atoms with Crippen molar-refractivity contribution in [1.82, 2.24) is 0 Å². The highest BCUT2D eigenvalue weighted by atomic mass is 16.1. The fourth-order valence-corrected chi connectivity index (χ4v) is 1.97. The van der Waals surface area contributed by atoms with Gasteiger partial charge in [0, 0.05) is 6.42 Å². The summed E-state index contributed by atoms with van der Waals surface area (Å²) in [5.74, 6) is -0.0132. The second-order valence-electron chi connectivity index (χ2n) is 4.71. The molecule has 18 heavy (non-hydrogen) atoms. The lowest BCUT2D eigenvalue weighted by Gasteiger charge is -2.03. The molecule has 0 heterocycles. The number of carbonyl (C=O) groups is 2. The van der Waals surface area contributed by atoms with Crippen molar-refractivity contribution in [3.8, 4) is 0 Å². The van der Waals surface area contributed by atoms with E-state index in [9.17, 15) is 9.59 Å². The van der Waals surface area contributed by atoms with Crippen LogP contribution >= 0.6 is 0 Å². The van der Waals surface area contributed by atoms with Crippen molar-refractivity contribution in [3.63, 3.8) is 0 Å². The van der Waals surface area contributed by atoms with Crippen molar-refractivity contribution in [3.05, 3.63) is 35.4 Å². The van der Waals surface area contributed by atoms with Crippen LogP contribution in [-0.2, 0) is 22.4 Å². The van der Waals surface area contributed by atoms with Crippen LogP contribution in [0, 0.1) is 0 Å². The first-order valence-electron chi connectivity index (χ1n) is 6.79. The monoisotopic (exact) mass is 246 g/mol. The summed E-state index contributed by atoms with van der Waals surface area (Å²) in [5.41, 5.74) is 2.33. The molecule has 0 aromatic heterocycles. The number of Topliss-reactive ketones (excluding diaryl/α,β-unsaturated/α-hetero) is 1. The third-order valence-corrected chi connectivity index (χ3v) is 3.05. The molecule has 1 aromatic carbocycles. The lowest BCUT2D eigenvalue weighted by Crippen LogP contribution is -2.02. The molecule has 0 aliphatic rings. The molecule has 0 radical (unpaired) electrons. The molecule has 0 atom stereocenters. The number of benzene rings is 1. The summed E-state index contributed by atoms with van der Waals surface area (Å²) in [5, 5.41) is 0. The van der Waals surface area contributed by atoms with E-state index in [1.54, 1.807) is 0 Å². The Balaban J connectivity index is 2.37. The standard InChI is InChI=1S/C16H22O2/c1-2-3-4-5-6-14-7-9-15(10-8-14)13-16(18)11-12-17/h7-10,12H,2-6,11,13H2,1H3. The van der Waals surface area contributed by atoms with Crippen LogP contribution < -0.4 is 0 Å². The van der Waals surface area contributed by atoms with Gasteiger partial charge in [-0.1, -0.05) is 50.5 Å². The summed E-state index contributed by atoms with van der Waals surface area (Å²) in [6.07, 6.45) is 7.27. The number of hydrogen-bond acceptors (Lipinski definition) is 2. The van der Waals surface area contributed by atoms with E-state index in [1.807, 2.05) is 12.1 Å². The fraction of sp³-hybridized carbons (Fsp3) is 0.500. The molecule has 0 aliphatic carbocycles. The van der Waals surface area contributed by atoms with E-state index in [1.165, 1.54) is 31.2 Å². The van der Waals surface area contributed by atoms with Gasteiger partial charge in [0.25, 0.3) is 0 Å². The maximum absolute atomic E-state index is 11.3. The SMILES string of the molecule is CCCCCCc1ccc(CC(=O)CC=O)cc1. The summed E-state index contributed by atoms with van der Waals surface area (Å²) < 4.78 is 0. The van der Waals surface area contributed by atoms with Gasteiger partial charge in [-0.15, -0.1) is 0 Å². The van der Waals surface area contributed by atoms with Crippen LogP contribution in [0.3, 0.4) is 0 Å². The number of rotatable bonds is 9. The van der Waals surface area contributed by atoms with Crippen molar-refractivity contribution < 1.29 is 9.59 Å². The van der Waals surface area contributed by atoms with Gasteiger partial charge < -0.3 is 4.79 Å². The van der Waals surface area contributed by atoms with Crippen LogP contribution in [0.15, 0.2) is 24.3 Å². The predicted octanol–water partition coefficient (Wildman–Crippen LogP) is 3.51. The minimum Gasteiger partial charge on any atom is -0.303 e. The zero-order chi connectivity index (χ0) is 13.2. The van der Waals surface area contributed by atoms with Gasteiger partial charge in [0.05, 0.1) is 6.42 Å². The van der Waals surface area contributed by atoms with Crippen LogP contribution in [-0.4, -0.2) is 12.1 Å². The quantitative estimate of drug-likeness (QED) is 0.379. The predicted molar refractivity (Wildman–Crippen MR) is 73.7 cm³/mol. The van der Waals surface area contributed by atoms with E-state index in [2.05, 4.69) is 19.1 Å². The number of unbranched alkanes of at least 4 members (excludes halogenated alkanes) is 3. The Bertz CT molecular complexity index is 365. The Labute approximate surface area is 109 Å². The minimum absolute atomic E-state index is 0.0132. The van der Waals surface area contributed by atoms with Crippen LogP contribution in [0.1, 0.15) is 50.2 Å². The first kappa shape index (κ1) is 14.6. The van der Waals surface area contributed by atoms with Crippen molar-refractivity contribution in [2.45, 2.75) is 51.9 Å². The van der Waals surface area contributed by atoms with Gasteiger partial charge in [0.15, 0.2) is 0 Å². The normalized spacial score (nSPS) is 10.3. The van der Waals surface area contributed by atoms with Gasteiger partial charge in [-0.25, -0.2) is 0 Å². The summed E-state index contributed by atoms with van der Waals surface area (Å²) in [6.45, 7) is 2.21.